The Morgan fingerprint density at radius 2 is 2.17 bits per heavy atom. The normalized spacial score (nSPS) is 24.2. The van der Waals surface area contributed by atoms with Gasteiger partial charge in [0.2, 0.25) is 0 Å². The molecule has 0 N–H and O–H groups in total. The highest BCUT2D eigenvalue weighted by Crippen LogP contribution is 2.30. The molecule has 0 spiro atoms. The fraction of sp³-hybridized carbons (Fsp3) is 0.375. The number of hydrogen-bond acceptors (Lipinski definition) is 2. The van der Waals surface area contributed by atoms with E-state index in [2.05, 4.69) is 24.8 Å². The molecule has 1 aromatic carbocycles. The van der Waals surface area contributed by atoms with Gasteiger partial charge in [-0.25, -0.2) is 0 Å². The maximum absolute atomic E-state index is 6.08. The lowest BCUT2D eigenvalue weighted by molar-refractivity contribution is -0.145. The van der Waals surface area contributed by atoms with E-state index >= 15 is 0 Å². The smallest absolute Gasteiger partial charge is 0.184 e. The van der Waals surface area contributed by atoms with Gasteiger partial charge in [0.25, 0.3) is 0 Å². The first-order valence-electron chi connectivity index (χ1n) is 6.49. The molecule has 1 heterocycles. The average Bonchev–Trinajstić information content (AvgIpc) is 2.62. The summed E-state index contributed by atoms with van der Waals surface area (Å²) in [4.78, 5) is 0. The number of rotatable bonds is 4. The van der Waals surface area contributed by atoms with E-state index in [4.69, 9.17) is 9.47 Å². The zero-order valence-corrected chi connectivity index (χ0v) is 10.8. The van der Waals surface area contributed by atoms with Crippen LogP contribution in [0.1, 0.15) is 31.4 Å². The van der Waals surface area contributed by atoms with Gasteiger partial charge in [0, 0.05) is 12.2 Å². The molecule has 0 saturated carbocycles. The standard InChI is InChI=1S/C16H20O2/c1-3-13-11-8-12-15(18-16(13)17-4-2)14-9-6-5-7-10-14/h3,5-7,9-11,15-16H,1,4,8,12H2,2H3/t15-,16-/m0/s1. The topological polar surface area (TPSA) is 18.5 Å². The molecule has 2 nitrogen and oxygen atoms in total. The summed E-state index contributed by atoms with van der Waals surface area (Å²) in [5, 5.41) is 0. The van der Waals surface area contributed by atoms with Gasteiger partial charge in [-0.2, -0.15) is 0 Å². The molecule has 96 valence electrons. The summed E-state index contributed by atoms with van der Waals surface area (Å²) >= 11 is 0. The summed E-state index contributed by atoms with van der Waals surface area (Å²) < 4.78 is 11.7. The van der Waals surface area contributed by atoms with Crippen molar-refractivity contribution in [2.75, 3.05) is 6.61 Å². The van der Waals surface area contributed by atoms with E-state index in [1.807, 2.05) is 31.2 Å². The van der Waals surface area contributed by atoms with E-state index in [1.165, 1.54) is 5.56 Å². The monoisotopic (exact) mass is 244 g/mol. The van der Waals surface area contributed by atoms with Crippen LogP contribution in [0.2, 0.25) is 0 Å². The molecule has 2 rings (SSSR count). The molecule has 2 heteroatoms. The second-order valence-corrected chi connectivity index (χ2v) is 4.31. The van der Waals surface area contributed by atoms with Gasteiger partial charge in [0.05, 0.1) is 6.10 Å². The Balaban J connectivity index is 2.15. The maximum Gasteiger partial charge on any atom is 0.184 e. The molecule has 0 bridgehead atoms. The minimum atomic E-state index is -0.291. The van der Waals surface area contributed by atoms with Crippen LogP contribution in [-0.4, -0.2) is 12.9 Å². The van der Waals surface area contributed by atoms with Crippen molar-refractivity contribution in [1.82, 2.24) is 0 Å². The molecule has 0 unspecified atom stereocenters. The minimum absolute atomic E-state index is 0.0939. The zero-order chi connectivity index (χ0) is 12.8. The summed E-state index contributed by atoms with van der Waals surface area (Å²) in [6.07, 6.45) is 5.76. The van der Waals surface area contributed by atoms with Gasteiger partial charge in [-0.05, 0) is 25.3 Å². The van der Waals surface area contributed by atoms with E-state index in [9.17, 15) is 0 Å². The fourth-order valence-corrected chi connectivity index (χ4v) is 2.17. The predicted octanol–water partition coefficient (Wildman–Crippen LogP) is 4.01. The van der Waals surface area contributed by atoms with Crippen molar-refractivity contribution < 1.29 is 9.47 Å². The third kappa shape index (κ3) is 3.09. The first kappa shape index (κ1) is 13.1. The third-order valence-electron chi connectivity index (χ3n) is 3.09. The summed E-state index contributed by atoms with van der Waals surface area (Å²) in [5.74, 6) is 0. The minimum Gasteiger partial charge on any atom is -0.349 e. The number of hydrogen-bond donors (Lipinski definition) is 0. The Labute approximate surface area is 109 Å². The van der Waals surface area contributed by atoms with E-state index in [-0.39, 0.29) is 12.4 Å². The van der Waals surface area contributed by atoms with Crippen LogP contribution < -0.4 is 0 Å². The van der Waals surface area contributed by atoms with Crippen molar-refractivity contribution in [2.45, 2.75) is 32.2 Å². The summed E-state index contributed by atoms with van der Waals surface area (Å²) in [7, 11) is 0. The zero-order valence-electron chi connectivity index (χ0n) is 10.8. The molecule has 1 aromatic rings. The van der Waals surface area contributed by atoms with Crippen LogP contribution >= 0.6 is 0 Å². The molecule has 18 heavy (non-hydrogen) atoms. The van der Waals surface area contributed by atoms with Crippen LogP contribution in [0.3, 0.4) is 0 Å². The second-order valence-electron chi connectivity index (χ2n) is 4.31. The van der Waals surface area contributed by atoms with Crippen molar-refractivity contribution in [2.24, 2.45) is 0 Å². The molecular formula is C16H20O2. The molecule has 1 aliphatic heterocycles. The van der Waals surface area contributed by atoms with Crippen LogP contribution in [0, 0.1) is 0 Å². The first-order chi connectivity index (χ1) is 8.85. The maximum atomic E-state index is 6.08. The first-order valence-corrected chi connectivity index (χ1v) is 6.49. The summed E-state index contributed by atoms with van der Waals surface area (Å²) in [6, 6.07) is 10.3. The van der Waals surface area contributed by atoms with Gasteiger partial charge in [0.1, 0.15) is 0 Å². The van der Waals surface area contributed by atoms with Crippen molar-refractivity contribution in [3.63, 3.8) is 0 Å². The molecule has 0 amide bonds. The van der Waals surface area contributed by atoms with Crippen molar-refractivity contribution >= 4 is 0 Å². The van der Waals surface area contributed by atoms with E-state index < -0.39 is 0 Å². The summed E-state index contributed by atoms with van der Waals surface area (Å²) in [5.41, 5.74) is 2.25. The highest BCUT2D eigenvalue weighted by atomic mass is 16.7. The Hall–Kier alpha value is -1.38. The Morgan fingerprint density at radius 1 is 1.39 bits per heavy atom. The van der Waals surface area contributed by atoms with Crippen LogP contribution in [-0.2, 0) is 9.47 Å². The Kier molecular flexibility index (Phi) is 4.73. The molecule has 2 atom stereocenters. The second kappa shape index (κ2) is 6.53. The fourth-order valence-electron chi connectivity index (χ4n) is 2.17. The lowest BCUT2D eigenvalue weighted by atomic mass is 10.1. The number of allylic oxidation sites excluding steroid dienone is 1. The molecular weight excluding hydrogens is 224 g/mol. The molecule has 0 aliphatic carbocycles. The van der Waals surface area contributed by atoms with E-state index in [1.54, 1.807) is 0 Å². The van der Waals surface area contributed by atoms with Gasteiger partial charge in [-0.3, -0.25) is 0 Å². The van der Waals surface area contributed by atoms with Gasteiger partial charge in [-0.15, -0.1) is 0 Å². The summed E-state index contributed by atoms with van der Waals surface area (Å²) in [6.45, 7) is 6.44. The van der Waals surface area contributed by atoms with Gasteiger partial charge in [0.15, 0.2) is 6.29 Å². The quantitative estimate of drug-likeness (QED) is 0.796. The molecule has 1 aliphatic rings. The van der Waals surface area contributed by atoms with Crippen LogP contribution in [0.5, 0.6) is 0 Å². The highest BCUT2D eigenvalue weighted by molar-refractivity contribution is 5.23. The SMILES string of the molecule is C=CC1=CCC[C@@H](c2ccccc2)O[C@@H]1OCC. The molecule has 0 radical (unpaired) electrons. The predicted molar refractivity (Wildman–Crippen MR) is 73.2 cm³/mol. The Morgan fingerprint density at radius 3 is 2.83 bits per heavy atom. The molecule has 0 aromatic heterocycles. The lowest BCUT2D eigenvalue weighted by Gasteiger charge is -2.23. The van der Waals surface area contributed by atoms with E-state index in [0.717, 1.165) is 18.4 Å². The molecule has 0 fully saturated rings. The van der Waals surface area contributed by atoms with Crippen molar-refractivity contribution in [3.05, 3.63) is 60.2 Å². The largest absolute Gasteiger partial charge is 0.349 e. The highest BCUT2D eigenvalue weighted by Gasteiger charge is 2.23. The molecule has 0 saturated heterocycles. The third-order valence-corrected chi connectivity index (χ3v) is 3.09. The van der Waals surface area contributed by atoms with Crippen LogP contribution in [0.4, 0.5) is 0 Å². The van der Waals surface area contributed by atoms with Gasteiger partial charge in [-0.1, -0.05) is 49.1 Å². The van der Waals surface area contributed by atoms with Crippen molar-refractivity contribution in [1.29, 1.82) is 0 Å². The van der Waals surface area contributed by atoms with Crippen LogP contribution in [0.15, 0.2) is 54.6 Å². The number of benzene rings is 1. The Bertz CT molecular complexity index is 408. The van der Waals surface area contributed by atoms with Gasteiger partial charge >= 0.3 is 0 Å². The average molecular weight is 244 g/mol. The van der Waals surface area contributed by atoms with Crippen molar-refractivity contribution in [3.8, 4) is 0 Å². The van der Waals surface area contributed by atoms with Gasteiger partial charge < -0.3 is 9.47 Å². The van der Waals surface area contributed by atoms with Crippen LogP contribution in [0.25, 0.3) is 0 Å². The number of ether oxygens (including phenoxy) is 2. The lowest BCUT2D eigenvalue weighted by Crippen LogP contribution is -2.20. The van der Waals surface area contributed by atoms with E-state index in [0.29, 0.717) is 6.61 Å².